The van der Waals surface area contributed by atoms with Crippen LogP contribution in [0.5, 0.6) is 0 Å². The molecule has 1 aromatic heterocycles. The minimum absolute atomic E-state index is 0.136. The van der Waals surface area contributed by atoms with E-state index in [0.29, 0.717) is 10.9 Å². The Labute approximate surface area is 190 Å². The van der Waals surface area contributed by atoms with Crippen LogP contribution in [0.3, 0.4) is 0 Å². The maximum Gasteiger partial charge on any atom is 0.416 e. The zero-order chi connectivity index (χ0) is 24.0. The minimum atomic E-state index is -4.62. The van der Waals surface area contributed by atoms with Crippen molar-refractivity contribution in [2.45, 2.75) is 13.1 Å². The first-order chi connectivity index (χ1) is 15.7. The van der Waals surface area contributed by atoms with E-state index in [9.17, 15) is 27.6 Å². The summed E-state index contributed by atoms with van der Waals surface area (Å²) in [5.41, 5.74) is -0.386. The molecule has 0 aliphatic rings. The summed E-state index contributed by atoms with van der Waals surface area (Å²) in [5, 5.41) is 2.71. The normalized spacial score (nSPS) is 11.0. The second-order valence-electron chi connectivity index (χ2n) is 6.64. The lowest BCUT2D eigenvalue weighted by molar-refractivity contribution is -0.137. The predicted octanol–water partition coefficient (Wildman–Crippen LogP) is 5.41. The number of benzene rings is 2. The molecule has 1 N–H and O–H groups in total. The van der Waals surface area contributed by atoms with Gasteiger partial charge in [0.25, 0.3) is 5.91 Å². The van der Waals surface area contributed by atoms with Gasteiger partial charge in [-0.25, -0.2) is 9.59 Å². The molecule has 0 aliphatic heterocycles. The van der Waals surface area contributed by atoms with Gasteiger partial charge >= 0.3 is 18.1 Å². The lowest BCUT2D eigenvalue weighted by atomic mass is 10.1. The van der Waals surface area contributed by atoms with Crippen LogP contribution in [0.2, 0.25) is 0 Å². The molecule has 33 heavy (non-hydrogen) atoms. The number of carbonyl (C=O) groups is 3. The van der Waals surface area contributed by atoms with Gasteiger partial charge in [-0.15, -0.1) is 11.3 Å². The highest BCUT2D eigenvalue weighted by atomic mass is 32.1. The predicted molar refractivity (Wildman–Crippen MR) is 116 cm³/mol. The van der Waals surface area contributed by atoms with Crippen molar-refractivity contribution in [2.24, 2.45) is 0 Å². The van der Waals surface area contributed by atoms with E-state index in [1.165, 1.54) is 0 Å². The van der Waals surface area contributed by atoms with Crippen molar-refractivity contribution >= 4 is 34.2 Å². The maximum absolute atomic E-state index is 12.8. The average Bonchev–Trinajstić information content (AvgIpc) is 3.21. The summed E-state index contributed by atoms with van der Waals surface area (Å²) in [4.78, 5) is 37.4. The fourth-order valence-electron chi connectivity index (χ4n) is 2.79. The molecule has 1 amide bonds. The van der Waals surface area contributed by atoms with Gasteiger partial charge in [0.2, 0.25) is 0 Å². The monoisotopic (exact) mass is 477 g/mol. The van der Waals surface area contributed by atoms with Gasteiger partial charge in [0, 0.05) is 4.88 Å². The Kier molecular flexibility index (Phi) is 7.49. The summed E-state index contributed by atoms with van der Waals surface area (Å²) >= 11 is 1.13. The van der Waals surface area contributed by atoms with Gasteiger partial charge in [-0.1, -0.05) is 36.4 Å². The molecule has 6 nitrogen and oxygen atoms in total. The maximum atomic E-state index is 12.8. The van der Waals surface area contributed by atoms with Crippen molar-refractivity contribution < 1.29 is 37.0 Å². The highest BCUT2D eigenvalue weighted by molar-refractivity contribution is 7.20. The number of rotatable bonds is 7. The zero-order valence-corrected chi connectivity index (χ0v) is 18.1. The number of ether oxygens (including phenoxy) is 2. The van der Waals surface area contributed by atoms with E-state index in [1.807, 2.05) is 30.3 Å². The largest absolute Gasteiger partial charge is 0.462 e. The Morgan fingerprint density at radius 3 is 2.33 bits per heavy atom. The fraction of sp³-hybridized carbons (Fsp3) is 0.174. The highest BCUT2D eigenvalue weighted by Crippen LogP contribution is 2.36. The molecule has 0 saturated heterocycles. The SMILES string of the molecule is CCOC(=O)c1cc(-c2ccccc2)sc1NC(=O)COC(=O)c1cccc(C(F)(F)F)c1. The van der Waals surface area contributed by atoms with Gasteiger partial charge in [-0.3, -0.25) is 4.79 Å². The van der Waals surface area contributed by atoms with E-state index in [0.717, 1.165) is 35.1 Å². The summed E-state index contributed by atoms with van der Waals surface area (Å²) in [7, 11) is 0. The van der Waals surface area contributed by atoms with Crippen molar-refractivity contribution in [3.05, 3.63) is 77.4 Å². The van der Waals surface area contributed by atoms with Crippen LogP contribution in [0.4, 0.5) is 18.2 Å². The molecule has 172 valence electrons. The quantitative estimate of drug-likeness (QED) is 0.461. The molecule has 0 atom stereocenters. The lowest BCUT2D eigenvalue weighted by Crippen LogP contribution is -2.21. The van der Waals surface area contributed by atoms with Crippen molar-refractivity contribution in [1.82, 2.24) is 0 Å². The van der Waals surface area contributed by atoms with Crippen molar-refractivity contribution in [2.75, 3.05) is 18.5 Å². The lowest BCUT2D eigenvalue weighted by Gasteiger charge is -2.09. The highest BCUT2D eigenvalue weighted by Gasteiger charge is 2.31. The number of halogens is 3. The van der Waals surface area contributed by atoms with Crippen molar-refractivity contribution in [1.29, 1.82) is 0 Å². The van der Waals surface area contributed by atoms with E-state index < -0.39 is 36.2 Å². The van der Waals surface area contributed by atoms with Crippen LogP contribution in [0.25, 0.3) is 10.4 Å². The number of hydrogen-bond donors (Lipinski definition) is 1. The van der Waals surface area contributed by atoms with Crippen LogP contribution < -0.4 is 5.32 Å². The third-order valence-electron chi connectivity index (χ3n) is 4.30. The number of esters is 2. The van der Waals surface area contributed by atoms with Gasteiger partial charge in [-0.2, -0.15) is 13.2 Å². The van der Waals surface area contributed by atoms with Gasteiger partial charge in [-0.05, 0) is 36.8 Å². The van der Waals surface area contributed by atoms with Crippen molar-refractivity contribution in [3.8, 4) is 10.4 Å². The molecule has 3 aromatic rings. The van der Waals surface area contributed by atoms with E-state index in [2.05, 4.69) is 5.32 Å². The Balaban J connectivity index is 1.71. The Hall–Kier alpha value is -3.66. The van der Waals surface area contributed by atoms with Crippen LogP contribution >= 0.6 is 11.3 Å². The summed E-state index contributed by atoms with van der Waals surface area (Å²) in [5.74, 6) is -2.48. The first-order valence-electron chi connectivity index (χ1n) is 9.69. The molecule has 0 bridgehead atoms. The van der Waals surface area contributed by atoms with Crippen molar-refractivity contribution in [3.63, 3.8) is 0 Å². The van der Waals surface area contributed by atoms with Gasteiger partial charge in [0.05, 0.1) is 23.3 Å². The molecule has 0 aliphatic carbocycles. The number of carbonyl (C=O) groups excluding carboxylic acids is 3. The zero-order valence-electron chi connectivity index (χ0n) is 17.3. The summed E-state index contributed by atoms with van der Waals surface area (Å²) < 4.78 is 48.3. The smallest absolute Gasteiger partial charge is 0.416 e. The number of hydrogen-bond acceptors (Lipinski definition) is 6. The standard InChI is InChI=1S/C23H18F3NO5S/c1-2-31-22(30)17-12-18(14-7-4-3-5-8-14)33-20(17)27-19(28)13-32-21(29)15-9-6-10-16(11-15)23(24,25)26/h3-12H,2,13H2,1H3,(H,27,28). The average molecular weight is 477 g/mol. The topological polar surface area (TPSA) is 81.7 Å². The van der Waals surface area contributed by atoms with Crippen LogP contribution in [0, 0.1) is 0 Å². The van der Waals surface area contributed by atoms with Gasteiger partial charge in [0.15, 0.2) is 6.61 Å². The molecule has 10 heteroatoms. The number of thiophene rings is 1. The molecular weight excluding hydrogens is 459 g/mol. The number of anilines is 1. The molecule has 0 fully saturated rings. The minimum Gasteiger partial charge on any atom is -0.462 e. The van der Waals surface area contributed by atoms with E-state index in [-0.39, 0.29) is 22.7 Å². The molecule has 2 aromatic carbocycles. The molecule has 0 spiro atoms. The van der Waals surface area contributed by atoms with Gasteiger partial charge in [0.1, 0.15) is 5.00 Å². The molecule has 1 heterocycles. The van der Waals surface area contributed by atoms with E-state index >= 15 is 0 Å². The summed E-state index contributed by atoms with van der Waals surface area (Å²) in [6.45, 7) is 1.03. The van der Waals surface area contributed by atoms with Crippen LogP contribution in [0.1, 0.15) is 33.2 Å². The number of nitrogens with one attached hydrogen (secondary N) is 1. The fourth-order valence-corrected chi connectivity index (χ4v) is 3.86. The second kappa shape index (κ2) is 10.3. The Morgan fingerprint density at radius 1 is 0.939 bits per heavy atom. The van der Waals surface area contributed by atoms with Crippen LogP contribution in [0.15, 0.2) is 60.7 Å². The molecule has 0 unspecified atom stereocenters. The number of amides is 1. The molecule has 0 saturated carbocycles. The third kappa shape index (κ3) is 6.19. The first-order valence-corrected chi connectivity index (χ1v) is 10.5. The van der Waals surface area contributed by atoms with Crippen LogP contribution in [-0.4, -0.2) is 31.1 Å². The number of alkyl halides is 3. The Morgan fingerprint density at radius 2 is 1.67 bits per heavy atom. The second-order valence-corrected chi connectivity index (χ2v) is 7.70. The molecule has 0 radical (unpaired) electrons. The first kappa shape index (κ1) is 24.0. The Bertz CT molecular complexity index is 1160. The van der Waals surface area contributed by atoms with Crippen LogP contribution in [-0.2, 0) is 20.4 Å². The van der Waals surface area contributed by atoms with Gasteiger partial charge < -0.3 is 14.8 Å². The molecule has 3 rings (SSSR count). The summed E-state index contributed by atoms with van der Waals surface area (Å²) in [6, 6.07) is 14.4. The molecular formula is C23H18F3NO5S. The van der Waals surface area contributed by atoms with E-state index in [1.54, 1.807) is 13.0 Å². The third-order valence-corrected chi connectivity index (χ3v) is 5.40. The van der Waals surface area contributed by atoms with E-state index in [4.69, 9.17) is 9.47 Å². The summed E-state index contributed by atoms with van der Waals surface area (Å²) in [6.07, 6.45) is -4.62.